The van der Waals surface area contributed by atoms with Gasteiger partial charge in [-0.05, 0) is 30.3 Å². The van der Waals surface area contributed by atoms with Gasteiger partial charge in [0, 0.05) is 58.0 Å². The van der Waals surface area contributed by atoms with Crippen molar-refractivity contribution < 1.29 is 14.3 Å². The molecule has 2 aromatic carbocycles. The molecule has 0 spiro atoms. The third kappa shape index (κ3) is 5.97. The zero-order valence-corrected chi connectivity index (χ0v) is 20.0. The average Bonchev–Trinajstić information content (AvgIpc) is 2.85. The molecule has 0 atom stereocenters. The van der Waals surface area contributed by atoms with E-state index in [1.54, 1.807) is 26.3 Å². The van der Waals surface area contributed by atoms with Crippen molar-refractivity contribution in [3.8, 4) is 5.75 Å². The molecule has 0 saturated carbocycles. The molecular formula is C25H29N7O3. The van der Waals surface area contributed by atoms with Gasteiger partial charge in [-0.15, -0.1) is 0 Å². The van der Waals surface area contributed by atoms with Crippen molar-refractivity contribution in [1.82, 2.24) is 14.9 Å². The van der Waals surface area contributed by atoms with E-state index in [9.17, 15) is 9.59 Å². The molecule has 10 nitrogen and oxygen atoms in total. The first kappa shape index (κ1) is 23.8. The fraction of sp³-hybridized carbons (Fsp3) is 0.280. The van der Waals surface area contributed by atoms with E-state index in [1.807, 2.05) is 47.4 Å². The van der Waals surface area contributed by atoms with Crippen LogP contribution in [0.25, 0.3) is 0 Å². The first-order valence-corrected chi connectivity index (χ1v) is 11.3. The molecule has 1 aliphatic rings. The summed E-state index contributed by atoms with van der Waals surface area (Å²) < 4.78 is 5.62. The maximum atomic E-state index is 11.6. The molecule has 2 heterocycles. The minimum absolute atomic E-state index is 0.108. The lowest BCUT2D eigenvalue weighted by atomic mass is 10.2. The van der Waals surface area contributed by atoms with Crippen molar-refractivity contribution in [3.63, 3.8) is 0 Å². The Morgan fingerprint density at radius 2 is 1.66 bits per heavy atom. The SMILES string of the molecule is COc1cc(N2CCN(C(C)=O)CC2)ccc1Nc1nccc(Nc2ccccc2NC(C)=O)n1. The number of amides is 2. The number of hydrogen-bond donors (Lipinski definition) is 3. The van der Waals surface area contributed by atoms with E-state index in [-0.39, 0.29) is 11.8 Å². The summed E-state index contributed by atoms with van der Waals surface area (Å²) in [6, 6.07) is 15.1. The molecule has 3 N–H and O–H groups in total. The lowest BCUT2D eigenvalue weighted by Crippen LogP contribution is -2.48. The Bertz CT molecular complexity index is 1210. The number of nitrogens with zero attached hydrogens (tertiary/aromatic N) is 4. The van der Waals surface area contributed by atoms with Gasteiger partial charge in [0.15, 0.2) is 0 Å². The van der Waals surface area contributed by atoms with E-state index in [2.05, 4.69) is 30.8 Å². The quantitative estimate of drug-likeness (QED) is 0.475. The second-order valence-electron chi connectivity index (χ2n) is 8.12. The molecule has 1 fully saturated rings. The van der Waals surface area contributed by atoms with E-state index in [4.69, 9.17) is 4.74 Å². The van der Waals surface area contributed by atoms with Gasteiger partial charge in [-0.2, -0.15) is 4.98 Å². The number of para-hydroxylation sites is 2. The van der Waals surface area contributed by atoms with Gasteiger partial charge in [0.2, 0.25) is 17.8 Å². The van der Waals surface area contributed by atoms with Crippen molar-refractivity contribution in [2.45, 2.75) is 13.8 Å². The van der Waals surface area contributed by atoms with Crippen molar-refractivity contribution >= 4 is 46.3 Å². The number of rotatable bonds is 7. The van der Waals surface area contributed by atoms with Crippen LogP contribution in [0, 0.1) is 0 Å². The van der Waals surface area contributed by atoms with Crippen LogP contribution < -0.4 is 25.6 Å². The number of carbonyl (C=O) groups is 2. The lowest BCUT2D eigenvalue weighted by Gasteiger charge is -2.35. The van der Waals surface area contributed by atoms with Crippen LogP contribution in [0.3, 0.4) is 0 Å². The van der Waals surface area contributed by atoms with Crippen molar-refractivity contribution in [2.24, 2.45) is 0 Å². The number of nitrogens with one attached hydrogen (secondary N) is 3. The zero-order valence-electron chi connectivity index (χ0n) is 20.0. The van der Waals surface area contributed by atoms with Gasteiger partial charge in [0.05, 0.1) is 24.2 Å². The molecule has 1 saturated heterocycles. The predicted molar refractivity (Wildman–Crippen MR) is 137 cm³/mol. The second-order valence-corrected chi connectivity index (χ2v) is 8.12. The lowest BCUT2D eigenvalue weighted by molar-refractivity contribution is -0.129. The molecular weight excluding hydrogens is 446 g/mol. The molecule has 10 heteroatoms. The Balaban J connectivity index is 1.48. The maximum Gasteiger partial charge on any atom is 0.229 e. The summed E-state index contributed by atoms with van der Waals surface area (Å²) in [6.07, 6.45) is 1.65. The number of methoxy groups -OCH3 is 1. The number of carbonyl (C=O) groups excluding carboxylic acids is 2. The number of ether oxygens (including phenoxy) is 1. The van der Waals surface area contributed by atoms with Crippen LogP contribution in [0.4, 0.5) is 34.5 Å². The highest BCUT2D eigenvalue weighted by atomic mass is 16.5. The minimum Gasteiger partial charge on any atom is -0.494 e. The largest absolute Gasteiger partial charge is 0.494 e. The van der Waals surface area contributed by atoms with Crippen molar-refractivity contribution in [2.75, 3.05) is 54.1 Å². The van der Waals surface area contributed by atoms with E-state index < -0.39 is 0 Å². The third-order valence-electron chi connectivity index (χ3n) is 5.68. The molecule has 4 rings (SSSR count). The summed E-state index contributed by atoms with van der Waals surface area (Å²) in [4.78, 5) is 36.1. The van der Waals surface area contributed by atoms with Crippen molar-refractivity contribution in [3.05, 3.63) is 54.7 Å². The van der Waals surface area contributed by atoms with Crippen LogP contribution in [0.15, 0.2) is 54.7 Å². The summed E-state index contributed by atoms with van der Waals surface area (Å²) in [5, 5.41) is 9.25. The molecule has 35 heavy (non-hydrogen) atoms. The number of piperazine rings is 1. The van der Waals surface area contributed by atoms with Crippen LogP contribution in [0.2, 0.25) is 0 Å². The Morgan fingerprint density at radius 1 is 0.914 bits per heavy atom. The monoisotopic (exact) mass is 475 g/mol. The van der Waals surface area contributed by atoms with Gasteiger partial charge in [-0.1, -0.05) is 12.1 Å². The summed E-state index contributed by atoms with van der Waals surface area (Å²) in [6.45, 7) is 6.02. The van der Waals surface area contributed by atoms with E-state index >= 15 is 0 Å². The highest BCUT2D eigenvalue weighted by Gasteiger charge is 2.20. The van der Waals surface area contributed by atoms with Crippen LogP contribution in [0.5, 0.6) is 5.75 Å². The zero-order chi connectivity index (χ0) is 24.8. The molecule has 0 radical (unpaired) electrons. The number of hydrogen-bond acceptors (Lipinski definition) is 8. The van der Waals surface area contributed by atoms with E-state index in [0.717, 1.165) is 30.2 Å². The third-order valence-corrected chi connectivity index (χ3v) is 5.68. The van der Waals surface area contributed by atoms with Gasteiger partial charge in [-0.3, -0.25) is 9.59 Å². The first-order valence-electron chi connectivity index (χ1n) is 11.3. The molecule has 1 aliphatic heterocycles. The molecule has 3 aromatic rings. The van der Waals surface area contributed by atoms with Gasteiger partial charge in [0.1, 0.15) is 11.6 Å². The van der Waals surface area contributed by atoms with Gasteiger partial charge < -0.3 is 30.5 Å². The maximum absolute atomic E-state index is 11.6. The van der Waals surface area contributed by atoms with Crippen molar-refractivity contribution in [1.29, 1.82) is 0 Å². The highest BCUT2D eigenvalue weighted by molar-refractivity contribution is 5.93. The predicted octanol–water partition coefficient (Wildman–Crippen LogP) is 3.60. The minimum atomic E-state index is -0.152. The Hall–Kier alpha value is -4.34. The second kappa shape index (κ2) is 10.7. The first-order chi connectivity index (χ1) is 16.9. The smallest absolute Gasteiger partial charge is 0.229 e. The Labute approximate surface area is 204 Å². The summed E-state index contributed by atoms with van der Waals surface area (Å²) in [5.41, 5.74) is 3.14. The molecule has 0 aliphatic carbocycles. The van der Waals surface area contributed by atoms with Crippen LogP contribution >= 0.6 is 0 Å². The van der Waals surface area contributed by atoms with E-state index in [0.29, 0.717) is 36.3 Å². The van der Waals surface area contributed by atoms with Crippen LogP contribution in [-0.4, -0.2) is 60.0 Å². The molecule has 0 bridgehead atoms. The highest BCUT2D eigenvalue weighted by Crippen LogP contribution is 2.32. The molecule has 1 aromatic heterocycles. The summed E-state index contributed by atoms with van der Waals surface area (Å²) in [5.74, 6) is 1.58. The van der Waals surface area contributed by atoms with Gasteiger partial charge in [0.25, 0.3) is 0 Å². The molecule has 2 amide bonds. The Kier molecular flexibility index (Phi) is 7.30. The normalized spacial score (nSPS) is 13.2. The fourth-order valence-corrected chi connectivity index (χ4v) is 3.90. The number of aromatic nitrogens is 2. The van der Waals surface area contributed by atoms with E-state index in [1.165, 1.54) is 6.92 Å². The van der Waals surface area contributed by atoms with Crippen LogP contribution in [0.1, 0.15) is 13.8 Å². The number of anilines is 6. The van der Waals surface area contributed by atoms with Crippen LogP contribution in [-0.2, 0) is 9.59 Å². The average molecular weight is 476 g/mol. The van der Waals surface area contributed by atoms with Gasteiger partial charge in [-0.25, -0.2) is 4.98 Å². The standard InChI is InChI=1S/C25H29N7O3/c1-17(33)27-20-6-4-5-7-21(20)28-24-10-11-26-25(30-24)29-22-9-8-19(16-23(22)35-3)32-14-12-31(13-15-32)18(2)34/h4-11,16H,12-15H2,1-3H3,(H,27,33)(H2,26,28,29,30). The molecule has 182 valence electrons. The Morgan fingerprint density at radius 3 is 2.34 bits per heavy atom. The fourth-order valence-electron chi connectivity index (χ4n) is 3.90. The summed E-state index contributed by atoms with van der Waals surface area (Å²) >= 11 is 0. The van der Waals surface area contributed by atoms with Gasteiger partial charge >= 0.3 is 0 Å². The topological polar surface area (TPSA) is 112 Å². The molecule has 0 unspecified atom stereocenters. The summed E-state index contributed by atoms with van der Waals surface area (Å²) in [7, 11) is 1.62. The number of benzene rings is 2.